The zero-order chi connectivity index (χ0) is 16.3. The van der Waals surface area contributed by atoms with Gasteiger partial charge in [-0.15, -0.1) is 13.2 Å². The van der Waals surface area contributed by atoms with E-state index in [9.17, 15) is 18.0 Å². The Kier molecular flexibility index (Phi) is 4.78. The van der Waals surface area contributed by atoms with Gasteiger partial charge in [0.2, 0.25) is 0 Å². The second kappa shape index (κ2) is 5.99. The number of rotatable bonds is 3. The van der Waals surface area contributed by atoms with Crippen molar-refractivity contribution >= 4 is 5.97 Å². The average Bonchev–Trinajstić information content (AvgIpc) is 2.28. The predicted octanol–water partition coefficient (Wildman–Crippen LogP) is 2.93. The zero-order valence-corrected chi connectivity index (χ0v) is 11.6. The van der Waals surface area contributed by atoms with Crippen LogP contribution in [0.15, 0.2) is 18.3 Å². The van der Waals surface area contributed by atoms with Crippen LogP contribution in [0.5, 0.6) is 5.75 Å². The standard InChI is InChI=1S/C13H13F3N2O3/c1-12(2,3)21-11(19)9(6-17)10-5-4-8(7-18-10)20-13(14,15)16/h4-5,7,9H,1-3H3. The lowest BCUT2D eigenvalue weighted by Gasteiger charge is -2.21. The summed E-state index contributed by atoms with van der Waals surface area (Å²) >= 11 is 0. The van der Waals surface area contributed by atoms with Crippen molar-refractivity contribution in [3.63, 3.8) is 0 Å². The number of hydrogen-bond acceptors (Lipinski definition) is 5. The van der Waals surface area contributed by atoms with Gasteiger partial charge in [0.15, 0.2) is 5.92 Å². The van der Waals surface area contributed by atoms with Crippen molar-refractivity contribution in [2.24, 2.45) is 0 Å². The lowest BCUT2D eigenvalue weighted by atomic mass is 10.1. The van der Waals surface area contributed by atoms with Gasteiger partial charge in [-0.2, -0.15) is 5.26 Å². The lowest BCUT2D eigenvalue weighted by molar-refractivity contribution is -0.274. The first-order chi connectivity index (χ1) is 9.52. The summed E-state index contributed by atoms with van der Waals surface area (Å²) in [6.07, 6.45) is -4.04. The number of nitrogens with zero attached hydrogens (tertiary/aromatic N) is 2. The number of aromatic nitrogens is 1. The third-order valence-corrected chi connectivity index (χ3v) is 2.06. The molecule has 0 fully saturated rings. The summed E-state index contributed by atoms with van der Waals surface area (Å²) in [4.78, 5) is 15.4. The Morgan fingerprint density at radius 3 is 2.33 bits per heavy atom. The molecule has 1 atom stereocenters. The highest BCUT2D eigenvalue weighted by molar-refractivity contribution is 5.81. The summed E-state index contributed by atoms with van der Waals surface area (Å²) in [7, 11) is 0. The minimum Gasteiger partial charge on any atom is -0.459 e. The quantitative estimate of drug-likeness (QED) is 0.803. The molecule has 0 aliphatic heterocycles. The summed E-state index contributed by atoms with van der Waals surface area (Å²) < 4.78 is 44.7. The summed E-state index contributed by atoms with van der Waals surface area (Å²) in [5, 5.41) is 9.00. The first-order valence-electron chi connectivity index (χ1n) is 5.86. The number of hydrogen-bond donors (Lipinski definition) is 0. The molecule has 1 aromatic heterocycles. The zero-order valence-electron chi connectivity index (χ0n) is 11.6. The van der Waals surface area contributed by atoms with Crippen LogP contribution in [0.2, 0.25) is 0 Å². The molecule has 0 spiro atoms. The lowest BCUT2D eigenvalue weighted by Crippen LogP contribution is -2.27. The number of carbonyl (C=O) groups excluding carboxylic acids is 1. The van der Waals surface area contributed by atoms with Crippen LogP contribution in [0.4, 0.5) is 13.2 Å². The van der Waals surface area contributed by atoms with Crippen molar-refractivity contribution in [1.82, 2.24) is 4.98 Å². The van der Waals surface area contributed by atoms with E-state index in [4.69, 9.17) is 10.00 Å². The molecule has 0 amide bonds. The number of halogens is 3. The van der Waals surface area contributed by atoms with Gasteiger partial charge in [-0.3, -0.25) is 9.78 Å². The van der Waals surface area contributed by atoms with Gasteiger partial charge >= 0.3 is 12.3 Å². The molecule has 114 valence electrons. The molecule has 21 heavy (non-hydrogen) atoms. The maximum atomic E-state index is 12.0. The largest absolute Gasteiger partial charge is 0.573 e. The van der Waals surface area contributed by atoms with Gasteiger partial charge < -0.3 is 9.47 Å². The Bertz CT molecular complexity index is 542. The van der Waals surface area contributed by atoms with E-state index in [2.05, 4.69) is 9.72 Å². The summed E-state index contributed by atoms with van der Waals surface area (Å²) in [6, 6.07) is 3.80. The molecule has 0 radical (unpaired) electrons. The van der Waals surface area contributed by atoms with Crippen molar-refractivity contribution in [2.75, 3.05) is 0 Å². The molecule has 0 bridgehead atoms. The normalized spacial score (nSPS) is 13.2. The van der Waals surface area contributed by atoms with Gasteiger partial charge in [0.1, 0.15) is 11.4 Å². The highest BCUT2D eigenvalue weighted by Gasteiger charge is 2.32. The fourth-order valence-electron chi connectivity index (χ4n) is 1.36. The Morgan fingerprint density at radius 1 is 1.33 bits per heavy atom. The first-order valence-corrected chi connectivity index (χ1v) is 5.86. The van der Waals surface area contributed by atoms with Crippen molar-refractivity contribution < 1.29 is 27.4 Å². The second-order valence-corrected chi connectivity index (χ2v) is 5.06. The van der Waals surface area contributed by atoms with E-state index < -0.39 is 29.6 Å². The smallest absolute Gasteiger partial charge is 0.459 e. The van der Waals surface area contributed by atoms with E-state index in [1.807, 2.05) is 0 Å². The van der Waals surface area contributed by atoms with Crippen molar-refractivity contribution in [2.45, 2.75) is 38.7 Å². The van der Waals surface area contributed by atoms with Crippen LogP contribution in [-0.2, 0) is 9.53 Å². The molecule has 8 heteroatoms. The van der Waals surface area contributed by atoms with E-state index in [0.717, 1.165) is 18.3 Å². The van der Waals surface area contributed by atoms with Crippen LogP contribution in [0, 0.1) is 11.3 Å². The van der Waals surface area contributed by atoms with Gasteiger partial charge in [-0.05, 0) is 32.9 Å². The Labute approximate surface area is 119 Å². The van der Waals surface area contributed by atoms with Crippen LogP contribution < -0.4 is 4.74 Å². The number of nitriles is 1. The number of ether oxygens (including phenoxy) is 2. The molecule has 5 nitrogen and oxygen atoms in total. The fraction of sp³-hybridized carbons (Fsp3) is 0.462. The molecule has 0 saturated carbocycles. The molecule has 0 N–H and O–H groups in total. The van der Waals surface area contributed by atoms with E-state index >= 15 is 0 Å². The van der Waals surface area contributed by atoms with E-state index in [-0.39, 0.29) is 5.69 Å². The molecular formula is C13H13F3N2O3. The van der Waals surface area contributed by atoms with Crippen molar-refractivity contribution in [1.29, 1.82) is 5.26 Å². The Balaban J connectivity index is 2.88. The topological polar surface area (TPSA) is 72.2 Å². The van der Waals surface area contributed by atoms with E-state index in [1.54, 1.807) is 26.8 Å². The molecule has 1 heterocycles. The molecule has 0 aliphatic carbocycles. The third-order valence-electron chi connectivity index (χ3n) is 2.06. The molecule has 1 aromatic rings. The fourth-order valence-corrected chi connectivity index (χ4v) is 1.36. The SMILES string of the molecule is CC(C)(C)OC(=O)C(C#N)c1ccc(OC(F)(F)F)cn1. The molecule has 0 aliphatic rings. The van der Waals surface area contributed by atoms with E-state index in [1.165, 1.54) is 0 Å². The van der Waals surface area contributed by atoms with Crippen LogP contribution in [-0.4, -0.2) is 22.9 Å². The molecular weight excluding hydrogens is 289 g/mol. The Hall–Kier alpha value is -2.30. The maximum Gasteiger partial charge on any atom is 0.573 e. The van der Waals surface area contributed by atoms with Crippen LogP contribution in [0.3, 0.4) is 0 Å². The average molecular weight is 302 g/mol. The number of alkyl halides is 3. The van der Waals surface area contributed by atoms with Crippen LogP contribution in [0.25, 0.3) is 0 Å². The number of esters is 1. The van der Waals surface area contributed by atoms with Gasteiger partial charge in [-0.1, -0.05) is 0 Å². The van der Waals surface area contributed by atoms with Gasteiger partial charge in [0.25, 0.3) is 0 Å². The molecule has 1 rings (SSSR count). The molecule has 0 saturated heterocycles. The van der Waals surface area contributed by atoms with Gasteiger partial charge in [-0.25, -0.2) is 0 Å². The van der Waals surface area contributed by atoms with Crippen LogP contribution in [0.1, 0.15) is 32.4 Å². The third kappa shape index (κ3) is 5.69. The van der Waals surface area contributed by atoms with E-state index in [0.29, 0.717) is 0 Å². The summed E-state index contributed by atoms with van der Waals surface area (Å²) in [5.74, 6) is -2.67. The highest BCUT2D eigenvalue weighted by atomic mass is 19.4. The second-order valence-electron chi connectivity index (χ2n) is 5.06. The molecule has 0 aromatic carbocycles. The van der Waals surface area contributed by atoms with Crippen molar-refractivity contribution in [3.05, 3.63) is 24.0 Å². The first kappa shape index (κ1) is 16.8. The van der Waals surface area contributed by atoms with Gasteiger partial charge in [0, 0.05) is 0 Å². The number of pyridine rings is 1. The minimum absolute atomic E-state index is 0.0127. The minimum atomic E-state index is -4.83. The number of carbonyl (C=O) groups is 1. The summed E-state index contributed by atoms with van der Waals surface area (Å²) in [6.45, 7) is 4.90. The predicted molar refractivity (Wildman–Crippen MR) is 65.1 cm³/mol. The molecule has 1 unspecified atom stereocenters. The van der Waals surface area contributed by atoms with Crippen molar-refractivity contribution in [3.8, 4) is 11.8 Å². The summed E-state index contributed by atoms with van der Waals surface area (Å²) in [5.41, 5.74) is -0.799. The maximum absolute atomic E-state index is 12.0. The Morgan fingerprint density at radius 2 is 1.95 bits per heavy atom. The van der Waals surface area contributed by atoms with Gasteiger partial charge in [0.05, 0.1) is 18.0 Å². The monoisotopic (exact) mass is 302 g/mol. The van der Waals surface area contributed by atoms with Crippen LogP contribution >= 0.6 is 0 Å². The highest BCUT2D eigenvalue weighted by Crippen LogP contribution is 2.24.